The summed E-state index contributed by atoms with van der Waals surface area (Å²) in [7, 11) is 0. The lowest BCUT2D eigenvalue weighted by Gasteiger charge is -2.18. The molecule has 2 N–H and O–H groups in total. The minimum absolute atomic E-state index is 0.397. The Morgan fingerprint density at radius 3 is 2.16 bits per heavy atom. The van der Waals surface area contributed by atoms with Crippen molar-refractivity contribution in [3.63, 3.8) is 0 Å². The van der Waals surface area contributed by atoms with Crippen LogP contribution >= 0.6 is 11.3 Å². The molecule has 1 aliphatic rings. The van der Waals surface area contributed by atoms with E-state index in [1.165, 1.54) is 5.56 Å². The second kappa shape index (κ2) is 13.7. The largest absolute Gasteiger partial charge is 0.490 e. The van der Waals surface area contributed by atoms with Crippen LogP contribution in [0.25, 0.3) is 0 Å². The molecule has 17 heteroatoms. The van der Waals surface area contributed by atoms with Gasteiger partial charge < -0.3 is 19.5 Å². The molecule has 0 aromatic carbocycles. The van der Waals surface area contributed by atoms with Gasteiger partial charge in [0.05, 0.1) is 0 Å². The van der Waals surface area contributed by atoms with E-state index in [-0.39, 0.29) is 0 Å². The first-order chi connectivity index (χ1) is 17.8. The van der Waals surface area contributed by atoms with Crippen molar-refractivity contribution in [1.29, 1.82) is 0 Å². The molecule has 10 nitrogen and oxygen atoms in total. The number of pyridine rings is 1. The van der Waals surface area contributed by atoms with Crippen molar-refractivity contribution in [1.82, 2.24) is 24.6 Å². The SMILES string of the molecule is O=C(O)C(F)(F)F.O=C(O)C(F)(F)F.c1ccc(OCc2nnc3n2CCN(Cc2ccsc2)CC3)nc1. The average Bonchev–Trinajstić information content (AvgIpc) is 3.44. The Labute approximate surface area is 215 Å². The number of hydrogen-bond acceptors (Lipinski definition) is 8. The van der Waals surface area contributed by atoms with E-state index in [9.17, 15) is 26.3 Å². The molecule has 0 saturated heterocycles. The number of alkyl halides is 6. The number of thiophene rings is 1. The van der Waals surface area contributed by atoms with Crippen molar-refractivity contribution in [2.45, 2.75) is 38.5 Å². The van der Waals surface area contributed by atoms with E-state index in [1.807, 2.05) is 18.2 Å². The highest BCUT2D eigenvalue weighted by Crippen LogP contribution is 2.16. The first-order valence-corrected chi connectivity index (χ1v) is 11.5. The van der Waals surface area contributed by atoms with Gasteiger partial charge in [-0.25, -0.2) is 14.6 Å². The summed E-state index contributed by atoms with van der Waals surface area (Å²) in [6.07, 6.45) is -7.53. The van der Waals surface area contributed by atoms with Crippen molar-refractivity contribution < 1.29 is 50.9 Å². The standard InChI is InChI=1S/C17H19N5OS.2C2HF3O2/c1-2-6-18-17(3-1)23-12-16-20-19-15-4-7-21(8-9-22(15)16)11-14-5-10-24-13-14;2*3-2(4,5)1(6)7/h1-3,5-6,10,13H,4,7-9,11-12H2;2*(H,6,7). The van der Waals surface area contributed by atoms with Crippen LogP contribution in [-0.2, 0) is 35.7 Å². The number of nitrogens with zero attached hydrogens (tertiary/aromatic N) is 5. The maximum Gasteiger partial charge on any atom is 0.490 e. The third-order valence-corrected chi connectivity index (χ3v) is 5.39. The summed E-state index contributed by atoms with van der Waals surface area (Å²) >= 11 is 1.75. The molecular formula is C21H21F6N5O5S. The molecule has 38 heavy (non-hydrogen) atoms. The number of rotatable bonds is 5. The van der Waals surface area contributed by atoms with Gasteiger partial charge in [0.25, 0.3) is 0 Å². The lowest BCUT2D eigenvalue weighted by Crippen LogP contribution is -2.26. The number of halogens is 6. The minimum Gasteiger partial charge on any atom is -0.475 e. The quantitative estimate of drug-likeness (QED) is 0.442. The summed E-state index contributed by atoms with van der Waals surface area (Å²) < 4.78 is 71.4. The van der Waals surface area contributed by atoms with Crippen LogP contribution in [-0.4, -0.2) is 72.2 Å². The number of carbonyl (C=O) groups is 2. The fourth-order valence-corrected chi connectivity index (χ4v) is 3.56. The van der Waals surface area contributed by atoms with Crippen molar-refractivity contribution in [3.05, 3.63) is 58.4 Å². The van der Waals surface area contributed by atoms with Gasteiger partial charge in [0, 0.05) is 44.9 Å². The molecular weight excluding hydrogens is 548 g/mol. The molecule has 0 amide bonds. The minimum atomic E-state index is -5.08. The Balaban J connectivity index is 0.000000301. The first-order valence-electron chi connectivity index (χ1n) is 10.6. The van der Waals surface area contributed by atoms with Gasteiger partial charge >= 0.3 is 24.3 Å². The van der Waals surface area contributed by atoms with Gasteiger partial charge in [0.1, 0.15) is 12.4 Å². The van der Waals surface area contributed by atoms with Gasteiger partial charge in [-0.3, -0.25) is 4.90 Å². The molecule has 0 radical (unpaired) electrons. The fraction of sp³-hybridized carbons (Fsp3) is 0.381. The summed E-state index contributed by atoms with van der Waals surface area (Å²) in [4.78, 5) is 24.4. The number of aliphatic carboxylic acids is 2. The molecule has 0 atom stereocenters. The highest BCUT2D eigenvalue weighted by atomic mass is 32.1. The van der Waals surface area contributed by atoms with Gasteiger partial charge in [-0.1, -0.05) is 6.07 Å². The molecule has 0 saturated carbocycles. The number of carboxylic acid groups (broad SMARTS) is 2. The summed E-state index contributed by atoms with van der Waals surface area (Å²) in [6, 6.07) is 7.83. The number of aromatic nitrogens is 4. The molecule has 208 valence electrons. The number of carboxylic acids is 2. The van der Waals surface area contributed by atoms with Crippen molar-refractivity contribution in [3.8, 4) is 5.88 Å². The van der Waals surface area contributed by atoms with Crippen molar-refractivity contribution in [2.24, 2.45) is 0 Å². The topological polar surface area (TPSA) is 131 Å². The third-order valence-electron chi connectivity index (χ3n) is 4.65. The normalized spacial score (nSPS) is 13.6. The molecule has 0 fully saturated rings. The van der Waals surface area contributed by atoms with Gasteiger partial charge in [0.2, 0.25) is 5.88 Å². The second-order valence-corrected chi connectivity index (χ2v) is 8.18. The zero-order valence-electron chi connectivity index (χ0n) is 19.3. The number of hydrogen-bond donors (Lipinski definition) is 2. The highest BCUT2D eigenvalue weighted by Gasteiger charge is 2.38. The van der Waals surface area contributed by atoms with Crippen LogP contribution < -0.4 is 4.74 Å². The predicted molar refractivity (Wildman–Crippen MR) is 119 cm³/mol. The Morgan fingerprint density at radius 1 is 0.974 bits per heavy atom. The van der Waals surface area contributed by atoms with Crippen LogP contribution in [0.2, 0.25) is 0 Å². The molecule has 3 aromatic heterocycles. The van der Waals surface area contributed by atoms with E-state index < -0.39 is 24.3 Å². The Bertz CT molecular complexity index is 1130. The summed E-state index contributed by atoms with van der Waals surface area (Å²) in [5, 5.41) is 27.3. The van der Waals surface area contributed by atoms with Crippen molar-refractivity contribution in [2.75, 3.05) is 13.1 Å². The van der Waals surface area contributed by atoms with Crippen LogP contribution in [0.4, 0.5) is 26.3 Å². The smallest absolute Gasteiger partial charge is 0.475 e. The number of ether oxygens (including phenoxy) is 1. The monoisotopic (exact) mass is 569 g/mol. The van der Waals surface area contributed by atoms with Crippen LogP contribution in [0.3, 0.4) is 0 Å². The van der Waals surface area contributed by atoms with Gasteiger partial charge in [-0.2, -0.15) is 37.7 Å². The van der Waals surface area contributed by atoms with Crippen LogP contribution in [0, 0.1) is 0 Å². The van der Waals surface area contributed by atoms with E-state index in [0.717, 1.165) is 44.2 Å². The van der Waals surface area contributed by atoms with E-state index in [0.29, 0.717) is 12.5 Å². The predicted octanol–water partition coefficient (Wildman–Crippen LogP) is 3.64. The van der Waals surface area contributed by atoms with E-state index in [4.69, 9.17) is 24.5 Å². The third kappa shape index (κ3) is 10.3. The Hall–Kier alpha value is -3.73. The molecule has 0 aliphatic carbocycles. The molecule has 0 unspecified atom stereocenters. The van der Waals surface area contributed by atoms with E-state index in [2.05, 4.69) is 41.5 Å². The molecule has 4 heterocycles. The second-order valence-electron chi connectivity index (χ2n) is 7.40. The molecule has 0 bridgehead atoms. The Morgan fingerprint density at radius 2 is 1.63 bits per heavy atom. The lowest BCUT2D eigenvalue weighted by atomic mass is 10.3. The highest BCUT2D eigenvalue weighted by molar-refractivity contribution is 7.07. The van der Waals surface area contributed by atoms with Gasteiger partial charge in [0.15, 0.2) is 5.82 Å². The van der Waals surface area contributed by atoms with Crippen LogP contribution in [0.1, 0.15) is 17.2 Å². The van der Waals surface area contributed by atoms with Gasteiger partial charge in [-0.15, -0.1) is 10.2 Å². The first kappa shape index (κ1) is 30.5. The lowest BCUT2D eigenvalue weighted by molar-refractivity contribution is -0.193. The maximum absolute atomic E-state index is 10.6. The van der Waals surface area contributed by atoms with Crippen molar-refractivity contribution >= 4 is 23.3 Å². The molecule has 0 spiro atoms. The zero-order chi connectivity index (χ0) is 28.3. The van der Waals surface area contributed by atoms with E-state index in [1.54, 1.807) is 17.5 Å². The van der Waals surface area contributed by atoms with Crippen LogP contribution in [0.5, 0.6) is 5.88 Å². The van der Waals surface area contributed by atoms with E-state index >= 15 is 0 Å². The van der Waals surface area contributed by atoms with Gasteiger partial charge in [-0.05, 0) is 28.5 Å². The Kier molecular flexibility index (Phi) is 11.0. The fourth-order valence-electron chi connectivity index (χ4n) is 2.90. The maximum atomic E-state index is 10.6. The molecule has 4 rings (SSSR count). The summed E-state index contributed by atoms with van der Waals surface area (Å²) in [5.41, 5.74) is 1.39. The number of fused-ring (bicyclic) bond motifs is 1. The molecule has 3 aromatic rings. The van der Waals surface area contributed by atoms with Crippen LogP contribution in [0.15, 0.2) is 41.2 Å². The zero-order valence-corrected chi connectivity index (χ0v) is 20.1. The average molecular weight is 569 g/mol. The summed E-state index contributed by atoms with van der Waals surface area (Å²) in [5.74, 6) is -2.99. The molecule has 1 aliphatic heterocycles. The summed E-state index contributed by atoms with van der Waals surface area (Å²) in [6.45, 7) is 4.30.